The van der Waals surface area contributed by atoms with Crippen LogP contribution in [0.25, 0.3) is 0 Å². The molecule has 0 aliphatic carbocycles. The van der Waals surface area contributed by atoms with Crippen LogP contribution in [0.2, 0.25) is 0 Å². The summed E-state index contributed by atoms with van der Waals surface area (Å²) in [6, 6.07) is 6.65. The highest BCUT2D eigenvalue weighted by Gasteiger charge is 2.45. The van der Waals surface area contributed by atoms with Crippen molar-refractivity contribution in [2.24, 2.45) is 0 Å². The Balaban J connectivity index is 1.76. The van der Waals surface area contributed by atoms with Crippen LogP contribution in [-0.4, -0.2) is 42.0 Å². The van der Waals surface area contributed by atoms with Crippen molar-refractivity contribution in [2.45, 2.75) is 6.54 Å². The number of carbonyl (C=O) groups is 3. The Morgan fingerprint density at radius 2 is 1.65 bits per heavy atom. The SMILES string of the molecule is COc1ccc2c(c1OC)C(=O)N(N1C(=O)c3ccc(F)cc3C1=O)C2. The molecule has 0 N–H and O–H groups in total. The first-order valence-corrected chi connectivity index (χ1v) is 7.72. The maximum absolute atomic E-state index is 13.4. The van der Waals surface area contributed by atoms with E-state index in [1.807, 2.05) is 0 Å². The number of hydrogen-bond acceptors (Lipinski definition) is 5. The second-order valence-corrected chi connectivity index (χ2v) is 5.81. The van der Waals surface area contributed by atoms with E-state index in [1.54, 1.807) is 12.1 Å². The monoisotopic (exact) mass is 356 g/mol. The molecule has 0 saturated carbocycles. The van der Waals surface area contributed by atoms with Gasteiger partial charge in [0, 0.05) is 0 Å². The number of fused-ring (bicyclic) bond motifs is 2. The molecule has 2 aliphatic heterocycles. The molecule has 0 atom stereocenters. The van der Waals surface area contributed by atoms with Gasteiger partial charge in [0.25, 0.3) is 17.7 Å². The number of carbonyl (C=O) groups excluding carboxylic acids is 3. The molecule has 0 unspecified atom stereocenters. The Labute approximate surface area is 147 Å². The zero-order valence-electron chi connectivity index (χ0n) is 13.9. The molecule has 0 aromatic heterocycles. The van der Waals surface area contributed by atoms with E-state index in [0.717, 1.165) is 22.2 Å². The van der Waals surface area contributed by atoms with E-state index in [1.165, 1.54) is 20.3 Å². The number of imide groups is 1. The van der Waals surface area contributed by atoms with Gasteiger partial charge in [0.15, 0.2) is 11.5 Å². The van der Waals surface area contributed by atoms with Crippen molar-refractivity contribution in [1.82, 2.24) is 10.0 Å². The molecule has 2 aliphatic rings. The van der Waals surface area contributed by atoms with E-state index in [2.05, 4.69) is 0 Å². The number of hydrazine groups is 1. The maximum Gasteiger partial charge on any atom is 0.280 e. The lowest BCUT2D eigenvalue weighted by atomic mass is 10.1. The molecule has 0 fully saturated rings. The first-order valence-electron chi connectivity index (χ1n) is 7.72. The van der Waals surface area contributed by atoms with Gasteiger partial charge < -0.3 is 9.47 Å². The summed E-state index contributed by atoms with van der Waals surface area (Å²) < 4.78 is 23.9. The van der Waals surface area contributed by atoms with Gasteiger partial charge in [-0.1, -0.05) is 6.07 Å². The molecule has 132 valence electrons. The molecule has 2 aromatic carbocycles. The summed E-state index contributed by atoms with van der Waals surface area (Å²) in [5.41, 5.74) is 0.818. The van der Waals surface area contributed by atoms with Gasteiger partial charge in [-0.3, -0.25) is 14.4 Å². The quantitative estimate of drug-likeness (QED) is 0.787. The highest BCUT2D eigenvalue weighted by atomic mass is 19.1. The van der Waals surface area contributed by atoms with Crippen molar-refractivity contribution in [3.8, 4) is 11.5 Å². The Kier molecular flexibility index (Phi) is 3.43. The van der Waals surface area contributed by atoms with E-state index in [-0.39, 0.29) is 29.0 Å². The predicted molar refractivity (Wildman–Crippen MR) is 86.3 cm³/mol. The third-order valence-electron chi connectivity index (χ3n) is 4.47. The van der Waals surface area contributed by atoms with Crippen molar-refractivity contribution < 1.29 is 28.2 Å². The highest BCUT2D eigenvalue weighted by molar-refractivity contribution is 6.22. The summed E-state index contributed by atoms with van der Waals surface area (Å²) in [7, 11) is 2.85. The minimum absolute atomic E-state index is 0.0163. The molecule has 4 rings (SSSR count). The van der Waals surface area contributed by atoms with Crippen LogP contribution in [0, 0.1) is 5.82 Å². The average Bonchev–Trinajstić information content (AvgIpc) is 3.08. The fourth-order valence-electron chi connectivity index (χ4n) is 3.28. The maximum atomic E-state index is 13.4. The van der Waals surface area contributed by atoms with Gasteiger partial charge in [0.05, 0.1) is 37.5 Å². The van der Waals surface area contributed by atoms with Gasteiger partial charge in [-0.15, -0.1) is 0 Å². The second kappa shape index (κ2) is 5.55. The lowest BCUT2D eigenvalue weighted by molar-refractivity contribution is 0.00475. The first-order chi connectivity index (χ1) is 12.5. The molecule has 0 saturated heterocycles. The zero-order valence-corrected chi connectivity index (χ0v) is 13.9. The van der Waals surface area contributed by atoms with E-state index < -0.39 is 23.5 Å². The van der Waals surface area contributed by atoms with Crippen LogP contribution >= 0.6 is 0 Å². The Morgan fingerprint density at radius 1 is 0.923 bits per heavy atom. The van der Waals surface area contributed by atoms with Gasteiger partial charge >= 0.3 is 0 Å². The van der Waals surface area contributed by atoms with Crippen LogP contribution in [0.4, 0.5) is 4.39 Å². The van der Waals surface area contributed by atoms with E-state index in [0.29, 0.717) is 11.3 Å². The molecule has 8 heteroatoms. The van der Waals surface area contributed by atoms with Crippen LogP contribution in [0.3, 0.4) is 0 Å². The van der Waals surface area contributed by atoms with Crippen molar-refractivity contribution in [2.75, 3.05) is 14.2 Å². The third kappa shape index (κ3) is 2.01. The Bertz CT molecular complexity index is 988. The zero-order chi connectivity index (χ0) is 18.6. The summed E-state index contributed by atoms with van der Waals surface area (Å²) in [6.45, 7) is 0.0163. The molecule has 7 nitrogen and oxygen atoms in total. The van der Waals surface area contributed by atoms with Gasteiger partial charge in [0.2, 0.25) is 0 Å². The number of amides is 3. The second-order valence-electron chi connectivity index (χ2n) is 5.81. The van der Waals surface area contributed by atoms with Crippen molar-refractivity contribution in [1.29, 1.82) is 0 Å². The topological polar surface area (TPSA) is 76.2 Å². The van der Waals surface area contributed by atoms with Gasteiger partial charge in [-0.25, -0.2) is 9.40 Å². The third-order valence-corrected chi connectivity index (χ3v) is 4.47. The summed E-state index contributed by atoms with van der Waals surface area (Å²) in [6.07, 6.45) is 0. The van der Waals surface area contributed by atoms with E-state index >= 15 is 0 Å². The number of methoxy groups -OCH3 is 2. The average molecular weight is 356 g/mol. The molecule has 0 radical (unpaired) electrons. The van der Waals surface area contributed by atoms with Crippen molar-refractivity contribution in [3.05, 3.63) is 58.4 Å². The van der Waals surface area contributed by atoms with E-state index in [4.69, 9.17) is 9.47 Å². The Morgan fingerprint density at radius 3 is 2.35 bits per heavy atom. The van der Waals surface area contributed by atoms with Crippen LogP contribution in [-0.2, 0) is 6.54 Å². The lowest BCUT2D eigenvalue weighted by Gasteiger charge is -2.25. The molecular weight excluding hydrogens is 343 g/mol. The summed E-state index contributed by atoms with van der Waals surface area (Å²) in [4.78, 5) is 38.1. The van der Waals surface area contributed by atoms with Gasteiger partial charge in [0.1, 0.15) is 5.82 Å². The number of ether oxygens (including phenoxy) is 2. The number of nitrogens with zero attached hydrogens (tertiary/aromatic N) is 2. The van der Waals surface area contributed by atoms with Crippen LogP contribution in [0.1, 0.15) is 36.6 Å². The largest absolute Gasteiger partial charge is 0.493 e. The molecule has 0 bridgehead atoms. The minimum atomic E-state index is -0.739. The molecule has 0 spiro atoms. The Hall–Kier alpha value is -3.42. The summed E-state index contributed by atoms with van der Waals surface area (Å²) >= 11 is 0. The lowest BCUT2D eigenvalue weighted by Crippen LogP contribution is -2.46. The van der Waals surface area contributed by atoms with Crippen LogP contribution in [0.5, 0.6) is 11.5 Å². The fraction of sp³-hybridized carbons (Fsp3) is 0.167. The normalized spacial score (nSPS) is 15.4. The fourth-order valence-corrected chi connectivity index (χ4v) is 3.28. The number of halogens is 1. The number of hydrogen-bond donors (Lipinski definition) is 0. The van der Waals surface area contributed by atoms with Crippen molar-refractivity contribution >= 4 is 17.7 Å². The smallest absolute Gasteiger partial charge is 0.280 e. The molecular formula is C18H13FN2O5. The minimum Gasteiger partial charge on any atom is -0.493 e. The predicted octanol–water partition coefficient (Wildman–Crippen LogP) is 2.01. The highest BCUT2D eigenvalue weighted by Crippen LogP contribution is 2.40. The molecule has 3 amide bonds. The summed E-state index contributed by atoms with van der Waals surface area (Å²) in [5, 5.41) is 1.79. The van der Waals surface area contributed by atoms with Gasteiger partial charge in [-0.05, 0) is 29.8 Å². The summed E-state index contributed by atoms with van der Waals surface area (Å²) in [5.74, 6) is -2.00. The number of benzene rings is 2. The van der Waals surface area contributed by atoms with Crippen molar-refractivity contribution in [3.63, 3.8) is 0 Å². The standard InChI is InChI=1S/C18H13FN2O5/c1-25-13-6-3-9-8-20(18(24)14(9)15(13)26-2)21-16(22)11-5-4-10(19)7-12(11)17(21)23/h3-7H,8H2,1-2H3. The first kappa shape index (κ1) is 16.1. The van der Waals surface area contributed by atoms with Crippen LogP contribution < -0.4 is 9.47 Å². The van der Waals surface area contributed by atoms with Gasteiger partial charge in [-0.2, -0.15) is 5.01 Å². The number of rotatable bonds is 3. The van der Waals surface area contributed by atoms with E-state index in [9.17, 15) is 18.8 Å². The van der Waals surface area contributed by atoms with Crippen LogP contribution in [0.15, 0.2) is 30.3 Å². The molecule has 26 heavy (non-hydrogen) atoms. The molecule has 2 heterocycles. The molecule has 2 aromatic rings.